The van der Waals surface area contributed by atoms with Crippen LogP contribution in [-0.2, 0) is 0 Å². The molecule has 3 nitrogen and oxygen atoms in total. The van der Waals surface area contributed by atoms with Gasteiger partial charge in [0.1, 0.15) is 0 Å². The van der Waals surface area contributed by atoms with Gasteiger partial charge in [0, 0.05) is 12.7 Å². The molecular formula is C8H13N3. The van der Waals surface area contributed by atoms with Crippen molar-refractivity contribution in [3.8, 4) is 0 Å². The summed E-state index contributed by atoms with van der Waals surface area (Å²) < 4.78 is 0. The van der Waals surface area contributed by atoms with Crippen molar-refractivity contribution in [3.05, 3.63) is 24.5 Å². The van der Waals surface area contributed by atoms with Crippen molar-refractivity contribution in [2.75, 3.05) is 18.1 Å². The van der Waals surface area contributed by atoms with Gasteiger partial charge in [-0.05, 0) is 19.1 Å². The highest BCUT2D eigenvalue weighted by atomic mass is 15.2. The molecule has 3 heteroatoms. The third kappa shape index (κ3) is 1.91. The number of aromatic nitrogens is 1. The van der Waals surface area contributed by atoms with Gasteiger partial charge in [-0.1, -0.05) is 0 Å². The normalized spacial score (nSPS) is 9.64. The van der Waals surface area contributed by atoms with Gasteiger partial charge in [-0.25, -0.2) is 0 Å². The Morgan fingerprint density at radius 1 is 1.64 bits per heavy atom. The van der Waals surface area contributed by atoms with Gasteiger partial charge in [0.2, 0.25) is 0 Å². The molecule has 0 atom stereocenters. The summed E-state index contributed by atoms with van der Waals surface area (Å²) in [6, 6.07) is 3.91. The number of nitrogens with two attached hydrogens (primary N) is 1. The van der Waals surface area contributed by atoms with Gasteiger partial charge in [0.05, 0.1) is 18.6 Å². The van der Waals surface area contributed by atoms with E-state index in [4.69, 9.17) is 5.73 Å². The lowest BCUT2D eigenvalue weighted by Gasteiger charge is -2.19. The van der Waals surface area contributed by atoms with Crippen LogP contribution in [0.4, 0.5) is 5.69 Å². The van der Waals surface area contributed by atoms with Crippen molar-refractivity contribution in [3.63, 3.8) is 0 Å². The molecule has 0 unspecified atom stereocenters. The van der Waals surface area contributed by atoms with Crippen LogP contribution in [0.5, 0.6) is 0 Å². The molecule has 60 valence electrons. The first-order chi connectivity index (χ1) is 5.38. The molecule has 0 aromatic carbocycles. The fourth-order valence-corrected chi connectivity index (χ4v) is 0.958. The first kappa shape index (κ1) is 8.01. The Labute approximate surface area is 66.8 Å². The minimum Gasteiger partial charge on any atom is -0.358 e. The molecule has 1 aromatic rings. The summed E-state index contributed by atoms with van der Waals surface area (Å²) in [5.41, 5.74) is 6.59. The minimum atomic E-state index is 0.544. The van der Waals surface area contributed by atoms with E-state index >= 15 is 0 Å². The molecule has 11 heavy (non-hydrogen) atoms. The molecule has 0 aliphatic rings. The lowest BCUT2D eigenvalue weighted by molar-refractivity contribution is 0.840. The fourth-order valence-electron chi connectivity index (χ4n) is 0.958. The number of pyridine rings is 1. The van der Waals surface area contributed by atoms with Gasteiger partial charge in [0.25, 0.3) is 0 Å². The first-order valence-electron chi connectivity index (χ1n) is 3.73. The van der Waals surface area contributed by atoms with Crippen molar-refractivity contribution >= 4 is 5.69 Å². The quantitative estimate of drug-likeness (QED) is 0.650. The number of anilines is 1. The van der Waals surface area contributed by atoms with E-state index in [1.54, 1.807) is 6.20 Å². The van der Waals surface area contributed by atoms with E-state index in [1.807, 2.05) is 23.2 Å². The Morgan fingerprint density at radius 2 is 2.45 bits per heavy atom. The number of rotatable bonds is 3. The second-order valence-corrected chi connectivity index (χ2v) is 2.25. The second-order valence-electron chi connectivity index (χ2n) is 2.25. The molecule has 0 amide bonds. The number of nitrogens with zero attached hydrogens (tertiary/aromatic N) is 2. The predicted molar refractivity (Wildman–Crippen MR) is 46.3 cm³/mol. The molecule has 0 spiro atoms. The summed E-state index contributed by atoms with van der Waals surface area (Å²) in [5.74, 6) is 0. The molecule has 0 aliphatic carbocycles. The summed E-state index contributed by atoms with van der Waals surface area (Å²) >= 11 is 0. The summed E-state index contributed by atoms with van der Waals surface area (Å²) in [4.78, 5) is 6.05. The van der Waals surface area contributed by atoms with Crippen LogP contribution in [0.25, 0.3) is 0 Å². The van der Waals surface area contributed by atoms with E-state index in [-0.39, 0.29) is 0 Å². The molecule has 1 heterocycles. The third-order valence-electron chi connectivity index (χ3n) is 1.61. The van der Waals surface area contributed by atoms with E-state index in [0.717, 1.165) is 12.2 Å². The Morgan fingerprint density at radius 3 is 2.91 bits per heavy atom. The van der Waals surface area contributed by atoms with Crippen molar-refractivity contribution in [1.82, 2.24) is 4.98 Å². The fraction of sp³-hybridized carbons (Fsp3) is 0.375. The highest BCUT2D eigenvalue weighted by Crippen LogP contribution is 2.08. The standard InChI is InChI=1S/C8H13N3/c1-2-11(7-9)8-4-3-5-10-6-8/h3-6H,2,7,9H2,1H3. The summed E-state index contributed by atoms with van der Waals surface area (Å²) in [6.45, 7) is 3.53. The van der Waals surface area contributed by atoms with E-state index in [2.05, 4.69) is 11.9 Å². The highest BCUT2D eigenvalue weighted by Gasteiger charge is 1.98. The SMILES string of the molecule is CCN(CN)c1cccnc1. The van der Waals surface area contributed by atoms with Crippen LogP contribution in [0.1, 0.15) is 6.92 Å². The lowest BCUT2D eigenvalue weighted by Crippen LogP contribution is -2.29. The van der Waals surface area contributed by atoms with E-state index < -0.39 is 0 Å². The Kier molecular flexibility index (Phi) is 2.86. The van der Waals surface area contributed by atoms with Crippen molar-refractivity contribution in [1.29, 1.82) is 0 Å². The molecule has 2 N–H and O–H groups in total. The van der Waals surface area contributed by atoms with Crippen molar-refractivity contribution in [2.45, 2.75) is 6.92 Å². The van der Waals surface area contributed by atoms with Gasteiger partial charge in [0.15, 0.2) is 0 Å². The largest absolute Gasteiger partial charge is 0.358 e. The van der Waals surface area contributed by atoms with Crippen LogP contribution in [0.15, 0.2) is 24.5 Å². The van der Waals surface area contributed by atoms with Gasteiger partial charge in [-0.15, -0.1) is 0 Å². The van der Waals surface area contributed by atoms with Crippen LogP contribution in [0.3, 0.4) is 0 Å². The molecule has 0 saturated carbocycles. The first-order valence-corrected chi connectivity index (χ1v) is 3.73. The third-order valence-corrected chi connectivity index (χ3v) is 1.61. The predicted octanol–water partition coefficient (Wildman–Crippen LogP) is 0.824. The average Bonchev–Trinajstić information content (AvgIpc) is 2.09. The average molecular weight is 151 g/mol. The molecule has 0 aliphatic heterocycles. The van der Waals surface area contributed by atoms with Crippen LogP contribution < -0.4 is 10.6 Å². The Hall–Kier alpha value is -1.09. The molecule has 1 aromatic heterocycles. The van der Waals surface area contributed by atoms with E-state index in [9.17, 15) is 0 Å². The van der Waals surface area contributed by atoms with Gasteiger partial charge >= 0.3 is 0 Å². The van der Waals surface area contributed by atoms with Crippen LogP contribution in [0.2, 0.25) is 0 Å². The van der Waals surface area contributed by atoms with Gasteiger partial charge < -0.3 is 10.6 Å². The molecule has 0 fully saturated rings. The molecule has 0 radical (unpaired) electrons. The van der Waals surface area contributed by atoms with Crippen molar-refractivity contribution in [2.24, 2.45) is 5.73 Å². The molecule has 1 rings (SSSR count). The summed E-state index contributed by atoms with van der Waals surface area (Å²) in [7, 11) is 0. The zero-order valence-electron chi connectivity index (χ0n) is 6.70. The Balaban J connectivity index is 2.74. The van der Waals surface area contributed by atoms with E-state index in [0.29, 0.717) is 6.67 Å². The van der Waals surface area contributed by atoms with Crippen LogP contribution >= 0.6 is 0 Å². The monoisotopic (exact) mass is 151 g/mol. The maximum Gasteiger partial charge on any atom is 0.0657 e. The minimum absolute atomic E-state index is 0.544. The summed E-state index contributed by atoms with van der Waals surface area (Å²) in [6.07, 6.45) is 3.57. The topological polar surface area (TPSA) is 42.1 Å². The van der Waals surface area contributed by atoms with Crippen LogP contribution in [0, 0.1) is 0 Å². The highest BCUT2D eigenvalue weighted by molar-refractivity contribution is 5.42. The second kappa shape index (κ2) is 3.93. The molecule has 0 saturated heterocycles. The van der Waals surface area contributed by atoms with Crippen LogP contribution in [-0.4, -0.2) is 18.2 Å². The zero-order chi connectivity index (χ0) is 8.10. The maximum atomic E-state index is 5.51. The zero-order valence-corrected chi connectivity index (χ0v) is 6.70. The van der Waals surface area contributed by atoms with E-state index in [1.165, 1.54) is 0 Å². The molecule has 0 bridgehead atoms. The smallest absolute Gasteiger partial charge is 0.0657 e. The maximum absolute atomic E-state index is 5.51. The number of hydrogen-bond acceptors (Lipinski definition) is 3. The lowest BCUT2D eigenvalue weighted by atomic mass is 10.4. The van der Waals surface area contributed by atoms with Crippen molar-refractivity contribution < 1.29 is 0 Å². The Bertz CT molecular complexity index is 194. The summed E-state index contributed by atoms with van der Waals surface area (Å²) in [5, 5.41) is 0. The molecular weight excluding hydrogens is 138 g/mol. The number of hydrogen-bond donors (Lipinski definition) is 1. The van der Waals surface area contributed by atoms with Gasteiger partial charge in [-0.3, -0.25) is 4.98 Å². The van der Waals surface area contributed by atoms with Gasteiger partial charge in [-0.2, -0.15) is 0 Å².